The van der Waals surface area contributed by atoms with Crippen LogP contribution in [0.3, 0.4) is 0 Å². The Bertz CT molecular complexity index is 811. The molecule has 1 aromatic carbocycles. The maximum Gasteiger partial charge on any atom is 0.240 e. The van der Waals surface area contributed by atoms with Crippen LogP contribution < -0.4 is 15.6 Å². The van der Waals surface area contributed by atoms with Gasteiger partial charge in [0.05, 0.1) is 10.7 Å². The lowest BCUT2D eigenvalue weighted by Gasteiger charge is -2.12. The first-order valence-corrected chi connectivity index (χ1v) is 10.8. The monoisotopic (exact) mass is 447 g/mol. The topological polar surface area (TPSA) is 149 Å². The molecule has 0 spiro atoms. The second-order valence-electron chi connectivity index (χ2n) is 4.56. The Morgan fingerprint density at radius 2 is 1.65 bits per heavy atom. The molecule has 1 aromatic rings. The molecule has 0 heterocycles. The average Bonchev–Trinajstić information content (AvgIpc) is 2.35. The molecule has 0 bridgehead atoms. The minimum atomic E-state index is -4.30. The van der Waals surface area contributed by atoms with Crippen LogP contribution in [0.2, 0.25) is 5.02 Å². The third-order valence-corrected chi connectivity index (χ3v) is 5.60. The predicted molar refractivity (Wildman–Crippen MR) is 90.5 cm³/mol. The third-order valence-electron chi connectivity index (χ3n) is 2.71. The minimum absolute atomic E-state index is 0.157. The molecule has 1 rings (SSSR count). The number of hydrogen-bond donors (Lipinski definition) is 3. The van der Waals surface area contributed by atoms with Gasteiger partial charge in [0.25, 0.3) is 0 Å². The van der Waals surface area contributed by atoms with Crippen molar-refractivity contribution in [2.24, 2.45) is 10.3 Å². The van der Waals surface area contributed by atoms with E-state index in [-0.39, 0.29) is 17.1 Å². The van der Waals surface area contributed by atoms with Crippen molar-refractivity contribution in [3.63, 3.8) is 0 Å². The van der Waals surface area contributed by atoms with Crippen molar-refractivity contribution >= 4 is 59.2 Å². The van der Waals surface area contributed by atoms with Crippen LogP contribution in [0, 0.1) is 0 Å². The number of sulfonamides is 2. The van der Waals surface area contributed by atoms with E-state index in [1.807, 2.05) is 0 Å². The number of benzene rings is 1. The molecule has 0 saturated heterocycles. The number of carbonyl (C=O) groups is 1. The summed E-state index contributed by atoms with van der Waals surface area (Å²) >= 11 is 9.02. The van der Waals surface area contributed by atoms with E-state index in [0.717, 1.165) is 23.9 Å². The van der Waals surface area contributed by atoms with Crippen molar-refractivity contribution < 1.29 is 21.6 Å². The predicted octanol–water partition coefficient (Wildman–Crippen LogP) is 1.14. The van der Waals surface area contributed by atoms with Gasteiger partial charge in [0.1, 0.15) is 9.79 Å². The van der Waals surface area contributed by atoms with Gasteiger partial charge in [-0.2, -0.15) is 0 Å². The van der Waals surface area contributed by atoms with Gasteiger partial charge in [-0.05, 0) is 25.0 Å². The zero-order chi connectivity index (χ0) is 17.8. The number of alkyl halides is 1. The molecule has 12 heteroatoms. The first-order chi connectivity index (χ1) is 10.5. The Labute approximate surface area is 147 Å². The summed E-state index contributed by atoms with van der Waals surface area (Å²) in [4.78, 5) is 10.6. The molecule has 0 unspecified atom stereocenters. The minimum Gasteiger partial charge on any atom is -0.325 e. The zero-order valence-corrected chi connectivity index (χ0v) is 15.7. The van der Waals surface area contributed by atoms with Gasteiger partial charge in [-0.1, -0.05) is 27.5 Å². The number of anilines is 1. The number of amides is 1. The SMILES string of the molecule is NS(=O)(=O)c1cc(S(N)(=O)=O)c(NC(=O)CCCCBr)cc1Cl. The summed E-state index contributed by atoms with van der Waals surface area (Å²) in [6.45, 7) is 0. The molecule has 0 radical (unpaired) electrons. The van der Waals surface area contributed by atoms with Crippen LogP contribution in [0.25, 0.3) is 0 Å². The summed E-state index contributed by atoms with van der Waals surface area (Å²) in [5.74, 6) is -0.449. The number of unbranched alkanes of at least 4 members (excludes halogenated alkanes) is 1. The summed E-state index contributed by atoms with van der Waals surface area (Å²) in [5.41, 5.74) is -0.200. The van der Waals surface area contributed by atoms with E-state index in [1.165, 1.54) is 0 Å². The van der Waals surface area contributed by atoms with Gasteiger partial charge in [-0.25, -0.2) is 27.1 Å². The molecule has 0 aromatic heterocycles. The Hall–Kier alpha value is -0.720. The number of nitrogens with one attached hydrogen (secondary N) is 1. The van der Waals surface area contributed by atoms with E-state index in [4.69, 9.17) is 21.9 Å². The van der Waals surface area contributed by atoms with Crippen molar-refractivity contribution in [3.05, 3.63) is 17.2 Å². The number of halogens is 2. The second kappa shape index (κ2) is 7.90. The maximum atomic E-state index is 11.8. The highest BCUT2D eigenvalue weighted by molar-refractivity contribution is 9.09. The molecule has 0 aliphatic heterocycles. The number of nitrogens with two attached hydrogens (primary N) is 2. The van der Waals surface area contributed by atoms with Crippen molar-refractivity contribution in [2.75, 3.05) is 10.6 Å². The molecule has 1 amide bonds. The molecule has 0 saturated carbocycles. The number of carbonyl (C=O) groups excluding carboxylic acids is 1. The van der Waals surface area contributed by atoms with Crippen LogP contribution in [-0.2, 0) is 24.8 Å². The van der Waals surface area contributed by atoms with Crippen LogP contribution in [0.1, 0.15) is 19.3 Å². The summed E-state index contributed by atoms with van der Waals surface area (Å²) in [6, 6.07) is 1.71. The zero-order valence-electron chi connectivity index (χ0n) is 11.8. The Balaban J connectivity index is 3.27. The van der Waals surface area contributed by atoms with Gasteiger partial charge in [0, 0.05) is 11.8 Å². The third kappa shape index (κ3) is 6.01. The van der Waals surface area contributed by atoms with E-state index >= 15 is 0 Å². The average molecular weight is 449 g/mol. The number of rotatable bonds is 7. The Morgan fingerprint density at radius 3 is 2.13 bits per heavy atom. The lowest BCUT2D eigenvalue weighted by Crippen LogP contribution is -2.20. The fourth-order valence-corrected chi connectivity index (χ4v) is 3.95. The largest absolute Gasteiger partial charge is 0.325 e. The smallest absolute Gasteiger partial charge is 0.240 e. The van der Waals surface area contributed by atoms with Gasteiger partial charge in [0.15, 0.2) is 0 Å². The van der Waals surface area contributed by atoms with Crippen LogP contribution in [0.5, 0.6) is 0 Å². The van der Waals surface area contributed by atoms with Crippen LogP contribution in [0.4, 0.5) is 5.69 Å². The van der Waals surface area contributed by atoms with Crippen molar-refractivity contribution in [3.8, 4) is 0 Å². The van der Waals surface area contributed by atoms with E-state index in [1.54, 1.807) is 0 Å². The van der Waals surface area contributed by atoms with Crippen molar-refractivity contribution in [1.29, 1.82) is 0 Å². The molecule has 23 heavy (non-hydrogen) atoms. The number of hydrogen-bond acceptors (Lipinski definition) is 5. The van der Waals surface area contributed by atoms with E-state index in [0.29, 0.717) is 6.42 Å². The first kappa shape index (κ1) is 20.3. The molecule has 5 N–H and O–H groups in total. The highest BCUT2D eigenvalue weighted by Crippen LogP contribution is 2.30. The molecule has 0 aliphatic carbocycles. The van der Waals surface area contributed by atoms with E-state index < -0.39 is 35.7 Å². The Morgan fingerprint density at radius 1 is 1.09 bits per heavy atom. The normalized spacial score (nSPS) is 12.2. The second-order valence-corrected chi connectivity index (χ2v) is 8.82. The van der Waals surface area contributed by atoms with Gasteiger partial charge in [-0.3, -0.25) is 4.79 Å². The van der Waals surface area contributed by atoms with E-state index in [2.05, 4.69) is 21.2 Å². The van der Waals surface area contributed by atoms with Crippen LogP contribution in [-0.4, -0.2) is 28.1 Å². The quantitative estimate of drug-likeness (QED) is 0.422. The lowest BCUT2D eigenvalue weighted by molar-refractivity contribution is -0.116. The van der Waals surface area contributed by atoms with Gasteiger partial charge in [-0.15, -0.1) is 0 Å². The maximum absolute atomic E-state index is 11.8. The molecule has 8 nitrogen and oxygen atoms in total. The molecule has 0 atom stereocenters. The highest BCUT2D eigenvalue weighted by atomic mass is 79.9. The van der Waals surface area contributed by atoms with Crippen LogP contribution >= 0.6 is 27.5 Å². The lowest BCUT2D eigenvalue weighted by atomic mass is 10.2. The van der Waals surface area contributed by atoms with Gasteiger partial charge < -0.3 is 5.32 Å². The summed E-state index contributed by atoms with van der Waals surface area (Å²) in [5, 5.41) is 12.8. The van der Waals surface area contributed by atoms with Crippen molar-refractivity contribution in [2.45, 2.75) is 29.1 Å². The standard InChI is InChI=1S/C11H15BrClN3O5S2/c12-4-2-1-3-11(17)16-8-5-7(13)9(22(14,18)19)6-10(8)23(15,20)21/h5-6H,1-4H2,(H,16,17)(H2,14,18,19)(H2,15,20,21). The fraction of sp³-hybridized carbons (Fsp3) is 0.364. The fourth-order valence-electron chi connectivity index (χ4n) is 1.68. The molecular weight excluding hydrogens is 434 g/mol. The summed E-state index contributed by atoms with van der Waals surface area (Å²) in [6.07, 6.45) is 1.51. The summed E-state index contributed by atoms with van der Waals surface area (Å²) < 4.78 is 46.1. The van der Waals surface area contributed by atoms with Gasteiger partial charge in [0.2, 0.25) is 26.0 Å². The Kier molecular flexibility index (Phi) is 6.98. The van der Waals surface area contributed by atoms with Gasteiger partial charge >= 0.3 is 0 Å². The highest BCUT2D eigenvalue weighted by Gasteiger charge is 2.23. The molecule has 130 valence electrons. The molecule has 0 fully saturated rings. The molecular formula is C11H15BrClN3O5S2. The van der Waals surface area contributed by atoms with Crippen LogP contribution in [0.15, 0.2) is 21.9 Å². The number of primary sulfonamides is 2. The summed E-state index contributed by atoms with van der Waals surface area (Å²) in [7, 11) is -8.55. The molecule has 0 aliphatic rings. The van der Waals surface area contributed by atoms with E-state index in [9.17, 15) is 21.6 Å². The first-order valence-electron chi connectivity index (χ1n) is 6.21. The van der Waals surface area contributed by atoms with Crippen molar-refractivity contribution in [1.82, 2.24) is 0 Å².